The van der Waals surface area contributed by atoms with Gasteiger partial charge >= 0.3 is 0 Å². The third kappa shape index (κ3) is 3.37. The van der Waals surface area contributed by atoms with E-state index in [2.05, 4.69) is 10.3 Å². The average molecular weight is 315 g/mol. The van der Waals surface area contributed by atoms with Crippen molar-refractivity contribution in [1.82, 2.24) is 10.3 Å². The molecule has 2 aromatic rings. The van der Waals surface area contributed by atoms with Crippen molar-refractivity contribution >= 4 is 16.8 Å². The molecular formula is C17H21N3O3. The number of nitrogens with zero attached hydrogens (tertiary/aromatic N) is 1. The number of hydrogen-bond donors (Lipinski definition) is 2. The Morgan fingerprint density at radius 2 is 2.30 bits per heavy atom. The number of primary amides is 1. The standard InChI is InChI=1S/C17H21N3O3/c1-2-22-16-9-12-14(8-13(16)17(18)21)20-7-5-15(12)23-11-4-3-6-19-10-11/h5,7-9,11,19H,2-4,6,10H2,1H3,(H2,18,21). The van der Waals surface area contributed by atoms with E-state index >= 15 is 0 Å². The van der Waals surface area contributed by atoms with Gasteiger partial charge in [0.2, 0.25) is 0 Å². The van der Waals surface area contributed by atoms with Crippen LogP contribution in [0, 0.1) is 0 Å². The van der Waals surface area contributed by atoms with Crippen LogP contribution >= 0.6 is 0 Å². The van der Waals surface area contributed by atoms with Gasteiger partial charge in [-0.3, -0.25) is 9.78 Å². The predicted octanol–water partition coefficient (Wildman–Crippen LogP) is 1.86. The minimum absolute atomic E-state index is 0.140. The number of rotatable bonds is 5. The molecule has 1 amide bonds. The summed E-state index contributed by atoms with van der Waals surface area (Å²) < 4.78 is 11.7. The number of hydrogen-bond acceptors (Lipinski definition) is 5. The van der Waals surface area contributed by atoms with Gasteiger partial charge in [-0.25, -0.2) is 0 Å². The highest BCUT2D eigenvalue weighted by atomic mass is 16.5. The number of nitrogens with two attached hydrogens (primary N) is 1. The summed E-state index contributed by atoms with van der Waals surface area (Å²) in [5.41, 5.74) is 6.44. The van der Waals surface area contributed by atoms with Gasteiger partial charge in [0.25, 0.3) is 5.91 Å². The molecule has 1 fully saturated rings. The molecule has 122 valence electrons. The first kappa shape index (κ1) is 15.6. The Balaban J connectivity index is 2.01. The Hall–Kier alpha value is -2.34. The number of pyridine rings is 1. The zero-order valence-electron chi connectivity index (χ0n) is 13.2. The van der Waals surface area contributed by atoms with Crippen LogP contribution < -0.4 is 20.5 Å². The number of piperidine rings is 1. The van der Waals surface area contributed by atoms with E-state index in [1.54, 1.807) is 18.3 Å². The molecule has 1 aromatic carbocycles. The Morgan fingerprint density at radius 1 is 1.43 bits per heavy atom. The SMILES string of the molecule is CCOc1cc2c(OC3CCCNC3)ccnc2cc1C(N)=O. The molecule has 0 bridgehead atoms. The van der Waals surface area contributed by atoms with Gasteiger partial charge < -0.3 is 20.5 Å². The molecule has 3 rings (SSSR count). The smallest absolute Gasteiger partial charge is 0.252 e. The molecule has 3 N–H and O–H groups in total. The third-order valence-electron chi connectivity index (χ3n) is 3.91. The summed E-state index contributed by atoms with van der Waals surface area (Å²) in [6, 6.07) is 5.29. The maximum absolute atomic E-state index is 11.6. The van der Waals surface area contributed by atoms with Crippen molar-refractivity contribution in [2.45, 2.75) is 25.9 Å². The largest absolute Gasteiger partial charge is 0.493 e. The molecule has 6 nitrogen and oxygen atoms in total. The van der Waals surface area contributed by atoms with Crippen LogP contribution in [0.25, 0.3) is 10.9 Å². The molecule has 2 heterocycles. The second-order valence-corrected chi connectivity index (χ2v) is 5.56. The number of benzene rings is 1. The second-order valence-electron chi connectivity index (χ2n) is 5.56. The van der Waals surface area contributed by atoms with Crippen LogP contribution in [0.1, 0.15) is 30.1 Å². The molecular weight excluding hydrogens is 294 g/mol. The second kappa shape index (κ2) is 6.83. The molecule has 23 heavy (non-hydrogen) atoms. The highest BCUT2D eigenvalue weighted by Gasteiger charge is 2.18. The molecule has 6 heteroatoms. The van der Waals surface area contributed by atoms with Gasteiger partial charge in [0.1, 0.15) is 17.6 Å². The van der Waals surface area contributed by atoms with Crippen molar-refractivity contribution in [1.29, 1.82) is 0 Å². The summed E-state index contributed by atoms with van der Waals surface area (Å²) in [7, 11) is 0. The van der Waals surface area contributed by atoms with Crippen LogP contribution in [0.4, 0.5) is 0 Å². The number of fused-ring (bicyclic) bond motifs is 1. The van der Waals surface area contributed by atoms with E-state index in [4.69, 9.17) is 15.2 Å². The van der Waals surface area contributed by atoms with Crippen LogP contribution in [-0.4, -0.2) is 36.7 Å². The van der Waals surface area contributed by atoms with E-state index in [1.807, 2.05) is 13.0 Å². The quantitative estimate of drug-likeness (QED) is 0.879. The van der Waals surface area contributed by atoms with Crippen molar-refractivity contribution in [3.63, 3.8) is 0 Å². The lowest BCUT2D eigenvalue weighted by molar-refractivity contribution is 0.0996. The maximum atomic E-state index is 11.6. The van der Waals surface area contributed by atoms with Crippen molar-refractivity contribution in [2.24, 2.45) is 5.73 Å². The van der Waals surface area contributed by atoms with E-state index in [9.17, 15) is 4.79 Å². The van der Waals surface area contributed by atoms with Crippen molar-refractivity contribution in [2.75, 3.05) is 19.7 Å². The normalized spacial score (nSPS) is 17.9. The van der Waals surface area contributed by atoms with Gasteiger partial charge in [-0.1, -0.05) is 0 Å². The molecule has 1 saturated heterocycles. The predicted molar refractivity (Wildman–Crippen MR) is 87.9 cm³/mol. The molecule has 0 saturated carbocycles. The van der Waals surface area contributed by atoms with Gasteiger partial charge in [0.05, 0.1) is 17.7 Å². The molecule has 1 unspecified atom stereocenters. The third-order valence-corrected chi connectivity index (χ3v) is 3.91. The van der Waals surface area contributed by atoms with Crippen molar-refractivity contribution < 1.29 is 14.3 Å². The van der Waals surface area contributed by atoms with Crippen LogP contribution in [-0.2, 0) is 0 Å². The van der Waals surface area contributed by atoms with Gasteiger partial charge in [0.15, 0.2) is 0 Å². The highest BCUT2D eigenvalue weighted by Crippen LogP contribution is 2.32. The molecule has 1 atom stereocenters. The summed E-state index contributed by atoms with van der Waals surface area (Å²) in [6.07, 6.45) is 3.94. The molecule has 1 aliphatic rings. The monoisotopic (exact) mass is 315 g/mol. The molecule has 1 aliphatic heterocycles. The summed E-state index contributed by atoms with van der Waals surface area (Å²) in [5.74, 6) is 0.688. The zero-order valence-corrected chi connectivity index (χ0v) is 13.2. The first-order valence-electron chi connectivity index (χ1n) is 7.91. The minimum Gasteiger partial charge on any atom is -0.493 e. The number of amides is 1. The summed E-state index contributed by atoms with van der Waals surface area (Å²) in [5, 5.41) is 4.16. The van der Waals surface area contributed by atoms with Crippen LogP contribution in [0.5, 0.6) is 11.5 Å². The van der Waals surface area contributed by atoms with E-state index in [0.29, 0.717) is 23.4 Å². The van der Waals surface area contributed by atoms with Crippen LogP contribution in [0.3, 0.4) is 0 Å². The number of nitrogens with one attached hydrogen (secondary N) is 1. The van der Waals surface area contributed by atoms with Crippen LogP contribution in [0.15, 0.2) is 24.4 Å². The first-order chi connectivity index (χ1) is 11.2. The summed E-state index contributed by atoms with van der Waals surface area (Å²) >= 11 is 0. The van der Waals surface area contributed by atoms with Gasteiger partial charge in [-0.2, -0.15) is 0 Å². The summed E-state index contributed by atoms with van der Waals surface area (Å²) in [4.78, 5) is 15.9. The van der Waals surface area contributed by atoms with E-state index in [-0.39, 0.29) is 6.10 Å². The van der Waals surface area contributed by atoms with Gasteiger partial charge in [-0.15, -0.1) is 0 Å². The van der Waals surface area contributed by atoms with E-state index in [1.165, 1.54) is 0 Å². The fourth-order valence-electron chi connectivity index (χ4n) is 2.82. The first-order valence-corrected chi connectivity index (χ1v) is 7.91. The zero-order chi connectivity index (χ0) is 16.2. The maximum Gasteiger partial charge on any atom is 0.252 e. The number of ether oxygens (including phenoxy) is 2. The topological polar surface area (TPSA) is 86.5 Å². The highest BCUT2D eigenvalue weighted by molar-refractivity contribution is 6.01. The fraction of sp³-hybridized carbons (Fsp3) is 0.412. The van der Waals surface area contributed by atoms with E-state index in [0.717, 1.165) is 37.1 Å². The van der Waals surface area contributed by atoms with Gasteiger partial charge in [-0.05, 0) is 44.5 Å². The number of aromatic nitrogens is 1. The fourth-order valence-corrected chi connectivity index (χ4v) is 2.82. The molecule has 0 aliphatic carbocycles. The average Bonchev–Trinajstić information content (AvgIpc) is 2.56. The Bertz CT molecular complexity index is 712. The number of carbonyl (C=O) groups is 1. The Kier molecular flexibility index (Phi) is 4.62. The van der Waals surface area contributed by atoms with Crippen LogP contribution in [0.2, 0.25) is 0 Å². The lowest BCUT2D eigenvalue weighted by Gasteiger charge is -2.24. The van der Waals surface area contributed by atoms with Gasteiger partial charge in [0, 0.05) is 18.1 Å². The molecule has 0 spiro atoms. The molecule has 1 aromatic heterocycles. The molecule has 0 radical (unpaired) electrons. The Morgan fingerprint density at radius 3 is 3.00 bits per heavy atom. The minimum atomic E-state index is -0.528. The lowest BCUT2D eigenvalue weighted by Crippen LogP contribution is -2.37. The van der Waals surface area contributed by atoms with E-state index < -0.39 is 5.91 Å². The number of carbonyl (C=O) groups excluding carboxylic acids is 1. The summed E-state index contributed by atoms with van der Waals surface area (Å²) in [6.45, 7) is 4.19. The van der Waals surface area contributed by atoms with Crippen molar-refractivity contribution in [3.8, 4) is 11.5 Å². The van der Waals surface area contributed by atoms with Crippen molar-refractivity contribution in [3.05, 3.63) is 30.0 Å². The lowest BCUT2D eigenvalue weighted by atomic mass is 10.1. The Labute approximate surface area is 135 Å².